The number of hydrogen-bond acceptors (Lipinski definition) is 5. The first-order valence-electron chi connectivity index (χ1n) is 10.8. The number of thioether (sulfide) groups is 1. The topological polar surface area (TPSA) is 113 Å². The van der Waals surface area contributed by atoms with Gasteiger partial charge in [-0.3, -0.25) is 14.2 Å². The highest BCUT2D eigenvalue weighted by Gasteiger charge is 2.21. The van der Waals surface area contributed by atoms with Gasteiger partial charge in [-0.2, -0.15) is 0 Å². The van der Waals surface area contributed by atoms with Crippen LogP contribution in [0, 0.1) is 12.7 Å². The summed E-state index contributed by atoms with van der Waals surface area (Å²) in [5, 5.41) is 2.83. The molecule has 0 aliphatic rings. The van der Waals surface area contributed by atoms with Gasteiger partial charge in [0.2, 0.25) is 5.91 Å². The third-order valence-electron chi connectivity index (χ3n) is 5.59. The van der Waals surface area contributed by atoms with Crippen molar-refractivity contribution in [3.05, 3.63) is 92.9 Å². The molecule has 0 aliphatic carbocycles. The second kappa shape index (κ2) is 8.88. The fraction of sp³-hybridized carbons (Fsp3) is 0.120. The molecule has 3 aromatic carbocycles. The summed E-state index contributed by atoms with van der Waals surface area (Å²) in [6.45, 7) is 3.33. The molecule has 1 amide bonds. The van der Waals surface area contributed by atoms with Crippen molar-refractivity contribution >= 4 is 45.3 Å². The summed E-state index contributed by atoms with van der Waals surface area (Å²) in [7, 11) is 0. The van der Waals surface area contributed by atoms with Gasteiger partial charge in [-0.25, -0.2) is 14.2 Å². The number of hydrogen-bond donors (Lipinski definition) is 3. The lowest BCUT2D eigenvalue weighted by atomic mass is 10.2. The Morgan fingerprint density at radius 3 is 2.63 bits per heavy atom. The van der Waals surface area contributed by atoms with Crippen molar-refractivity contribution in [2.45, 2.75) is 24.3 Å². The molecule has 8 nitrogen and oxygen atoms in total. The van der Waals surface area contributed by atoms with E-state index in [1.165, 1.54) is 10.6 Å². The Hall–Kier alpha value is -4.18. The van der Waals surface area contributed by atoms with Crippen molar-refractivity contribution in [1.29, 1.82) is 0 Å². The molecule has 176 valence electrons. The largest absolute Gasteiger partial charge is 0.325 e. The van der Waals surface area contributed by atoms with Crippen LogP contribution in [-0.4, -0.2) is 30.7 Å². The lowest BCUT2D eigenvalue weighted by Crippen LogP contribution is -2.26. The van der Waals surface area contributed by atoms with Gasteiger partial charge in [-0.15, -0.1) is 0 Å². The molecule has 5 rings (SSSR count). The lowest BCUT2D eigenvalue weighted by molar-refractivity contribution is -0.115. The Labute approximate surface area is 202 Å². The van der Waals surface area contributed by atoms with Crippen LogP contribution in [0.15, 0.2) is 75.4 Å². The summed E-state index contributed by atoms with van der Waals surface area (Å²) < 4.78 is 15.7. The van der Waals surface area contributed by atoms with Crippen LogP contribution in [0.4, 0.5) is 10.1 Å². The standard InChI is InChI=1S/C25H20FN5O3S/c1-13-7-9-16(12-18(13)26)31-23(33)17-5-3-4-6-19(17)30-25(31)35-14(2)22(32)27-15-8-10-20-21(11-15)29-24(34)28-20/h3-12,14H,1-2H3,(H,27,32)(H2,28,29,34). The van der Waals surface area contributed by atoms with Gasteiger partial charge < -0.3 is 15.3 Å². The number of aromatic amines is 2. The van der Waals surface area contributed by atoms with E-state index in [4.69, 9.17) is 0 Å². The third kappa shape index (κ3) is 4.35. The lowest BCUT2D eigenvalue weighted by Gasteiger charge is -2.17. The van der Waals surface area contributed by atoms with Crippen molar-refractivity contribution in [3.8, 4) is 5.69 Å². The summed E-state index contributed by atoms with van der Waals surface area (Å²) in [6.07, 6.45) is 0. The van der Waals surface area contributed by atoms with E-state index >= 15 is 0 Å². The predicted molar refractivity (Wildman–Crippen MR) is 135 cm³/mol. The van der Waals surface area contributed by atoms with E-state index in [9.17, 15) is 18.8 Å². The number of anilines is 1. The van der Waals surface area contributed by atoms with Gasteiger partial charge in [0.15, 0.2) is 5.16 Å². The molecular formula is C25H20FN5O3S. The van der Waals surface area contributed by atoms with Crippen LogP contribution in [0.1, 0.15) is 12.5 Å². The summed E-state index contributed by atoms with van der Waals surface area (Å²) >= 11 is 1.09. The molecule has 0 saturated carbocycles. The van der Waals surface area contributed by atoms with E-state index in [1.807, 2.05) is 0 Å². The number of benzene rings is 3. The number of aryl methyl sites for hydroxylation is 1. The number of amides is 1. The van der Waals surface area contributed by atoms with Gasteiger partial charge in [0, 0.05) is 5.69 Å². The van der Waals surface area contributed by atoms with Crippen LogP contribution >= 0.6 is 11.8 Å². The SMILES string of the molecule is Cc1ccc(-n2c(SC(C)C(=O)Nc3ccc4[nH]c(=O)[nH]c4c3)nc3ccccc3c2=O)cc1F. The smallest absolute Gasteiger partial charge is 0.323 e. The average molecular weight is 490 g/mol. The highest BCUT2D eigenvalue weighted by molar-refractivity contribution is 8.00. The second-order valence-corrected chi connectivity index (χ2v) is 9.38. The van der Waals surface area contributed by atoms with Crippen LogP contribution < -0.4 is 16.6 Å². The minimum Gasteiger partial charge on any atom is -0.325 e. The number of nitrogens with zero attached hydrogens (tertiary/aromatic N) is 2. The number of aromatic nitrogens is 4. The van der Waals surface area contributed by atoms with Gasteiger partial charge in [-0.1, -0.05) is 30.0 Å². The van der Waals surface area contributed by atoms with Crippen molar-refractivity contribution < 1.29 is 9.18 Å². The first kappa shape index (κ1) is 22.6. The first-order chi connectivity index (χ1) is 16.8. The molecule has 2 aromatic heterocycles. The molecular weight excluding hydrogens is 469 g/mol. The molecule has 5 aromatic rings. The molecule has 2 heterocycles. The number of carbonyl (C=O) groups is 1. The number of carbonyl (C=O) groups excluding carboxylic acids is 1. The fourth-order valence-corrected chi connectivity index (χ4v) is 4.63. The Balaban J connectivity index is 1.50. The highest BCUT2D eigenvalue weighted by Crippen LogP contribution is 2.27. The number of rotatable bonds is 5. The van der Waals surface area contributed by atoms with E-state index in [1.54, 1.807) is 68.4 Å². The highest BCUT2D eigenvalue weighted by atomic mass is 32.2. The van der Waals surface area contributed by atoms with Crippen molar-refractivity contribution in [2.75, 3.05) is 5.32 Å². The molecule has 35 heavy (non-hydrogen) atoms. The quantitative estimate of drug-likeness (QED) is 0.254. The number of nitrogens with one attached hydrogen (secondary N) is 3. The summed E-state index contributed by atoms with van der Waals surface area (Å²) in [5.41, 5.74) is 2.29. The van der Waals surface area contributed by atoms with Crippen LogP contribution in [0.2, 0.25) is 0 Å². The number of para-hydroxylation sites is 1. The van der Waals surface area contributed by atoms with Gasteiger partial charge in [0.1, 0.15) is 5.82 Å². The van der Waals surface area contributed by atoms with E-state index in [0.29, 0.717) is 38.9 Å². The first-order valence-corrected chi connectivity index (χ1v) is 11.7. The van der Waals surface area contributed by atoms with Gasteiger partial charge >= 0.3 is 5.69 Å². The summed E-state index contributed by atoms with van der Waals surface area (Å²) in [4.78, 5) is 47.7. The van der Waals surface area contributed by atoms with Crippen LogP contribution in [-0.2, 0) is 4.79 Å². The number of imidazole rings is 1. The summed E-state index contributed by atoms with van der Waals surface area (Å²) in [5.74, 6) is -0.765. The van der Waals surface area contributed by atoms with Crippen LogP contribution in [0.5, 0.6) is 0 Å². The number of halogens is 1. The maximum absolute atomic E-state index is 14.4. The molecule has 0 spiro atoms. The Kier molecular flexibility index (Phi) is 5.73. The molecule has 0 bridgehead atoms. The Morgan fingerprint density at radius 2 is 1.83 bits per heavy atom. The third-order valence-corrected chi connectivity index (χ3v) is 6.65. The number of H-pyrrole nitrogens is 2. The van der Waals surface area contributed by atoms with Crippen molar-refractivity contribution in [2.24, 2.45) is 0 Å². The van der Waals surface area contributed by atoms with E-state index in [0.717, 1.165) is 11.8 Å². The van der Waals surface area contributed by atoms with Crippen LogP contribution in [0.25, 0.3) is 27.6 Å². The normalized spacial score (nSPS) is 12.2. The van der Waals surface area contributed by atoms with Gasteiger partial charge in [-0.05, 0) is 61.9 Å². The minimum atomic E-state index is -0.648. The van der Waals surface area contributed by atoms with Crippen molar-refractivity contribution in [1.82, 2.24) is 19.5 Å². The predicted octanol–water partition coefficient (Wildman–Crippen LogP) is 4.12. The molecule has 0 saturated heterocycles. The average Bonchev–Trinajstić information content (AvgIpc) is 3.20. The van der Waals surface area contributed by atoms with E-state index < -0.39 is 11.1 Å². The molecule has 0 fully saturated rings. The molecule has 1 atom stereocenters. The zero-order valence-electron chi connectivity index (χ0n) is 18.8. The molecule has 10 heteroatoms. The van der Waals surface area contributed by atoms with E-state index in [-0.39, 0.29) is 22.3 Å². The van der Waals surface area contributed by atoms with Crippen LogP contribution in [0.3, 0.4) is 0 Å². The van der Waals surface area contributed by atoms with Gasteiger partial charge in [0.05, 0.1) is 32.9 Å². The van der Waals surface area contributed by atoms with E-state index in [2.05, 4.69) is 20.3 Å². The fourth-order valence-electron chi connectivity index (χ4n) is 3.71. The maximum atomic E-state index is 14.4. The zero-order chi connectivity index (χ0) is 24.7. The Bertz CT molecular complexity index is 1720. The van der Waals surface area contributed by atoms with Crippen molar-refractivity contribution in [3.63, 3.8) is 0 Å². The molecule has 3 N–H and O–H groups in total. The maximum Gasteiger partial charge on any atom is 0.323 e. The zero-order valence-corrected chi connectivity index (χ0v) is 19.6. The molecule has 1 unspecified atom stereocenters. The summed E-state index contributed by atoms with van der Waals surface area (Å²) in [6, 6.07) is 16.5. The Morgan fingerprint density at radius 1 is 1.06 bits per heavy atom. The molecule has 0 aliphatic heterocycles. The number of fused-ring (bicyclic) bond motifs is 2. The minimum absolute atomic E-state index is 0.269. The second-order valence-electron chi connectivity index (χ2n) is 8.07. The molecule has 0 radical (unpaired) electrons. The van der Waals surface area contributed by atoms with Gasteiger partial charge in [0.25, 0.3) is 5.56 Å². The monoisotopic (exact) mass is 489 g/mol.